The first-order valence-electron chi connectivity index (χ1n) is 5.89. The number of nitrogens with one attached hydrogen (secondary N) is 1. The Bertz CT molecular complexity index is 443. The van der Waals surface area contributed by atoms with E-state index in [1.807, 2.05) is 12.1 Å². The first-order valence-corrected chi connectivity index (χ1v) is 8.02. The van der Waals surface area contributed by atoms with Crippen LogP contribution in [0, 0.1) is 0 Å². The lowest BCUT2D eigenvalue weighted by Crippen LogP contribution is -2.48. The van der Waals surface area contributed by atoms with Gasteiger partial charge in [0.1, 0.15) is 0 Å². The molecule has 1 fully saturated rings. The number of hydrogen-bond acceptors (Lipinski definition) is 4. The summed E-state index contributed by atoms with van der Waals surface area (Å²) >= 11 is 1.38. The van der Waals surface area contributed by atoms with E-state index in [9.17, 15) is 9.00 Å². The van der Waals surface area contributed by atoms with E-state index in [1.54, 1.807) is 19.4 Å². The molecule has 0 aromatic carbocycles. The average Bonchev–Trinajstić information content (AvgIpc) is 2.41. The van der Waals surface area contributed by atoms with Gasteiger partial charge in [-0.25, -0.2) is 0 Å². The molecule has 2 rings (SSSR count). The van der Waals surface area contributed by atoms with Crippen molar-refractivity contribution in [3.05, 3.63) is 24.5 Å². The molecule has 0 radical (unpaired) electrons. The van der Waals surface area contributed by atoms with Gasteiger partial charge in [0.05, 0.1) is 0 Å². The van der Waals surface area contributed by atoms with E-state index < -0.39 is 14.9 Å². The fourth-order valence-electron chi connectivity index (χ4n) is 2.02. The zero-order valence-corrected chi connectivity index (χ0v) is 11.9. The van der Waals surface area contributed by atoms with Gasteiger partial charge in [-0.05, 0) is 31.4 Å². The molecule has 1 aliphatic heterocycles. The fourth-order valence-corrected chi connectivity index (χ4v) is 5.49. The SMILES string of the molecule is CNC(=O)[C@@]1(Sc2cccnc2)CCCCS1=O. The second-order valence-electron chi connectivity index (χ2n) is 4.13. The molecule has 1 aromatic heterocycles. The van der Waals surface area contributed by atoms with Crippen LogP contribution >= 0.6 is 11.8 Å². The minimum absolute atomic E-state index is 0.144. The Balaban J connectivity index is 2.30. The summed E-state index contributed by atoms with van der Waals surface area (Å²) in [7, 11) is 0.453. The van der Waals surface area contributed by atoms with Gasteiger partial charge in [0.15, 0.2) is 4.08 Å². The normalized spacial score (nSPS) is 27.7. The Labute approximate surface area is 113 Å². The lowest BCUT2D eigenvalue weighted by atomic mass is 10.2. The van der Waals surface area contributed by atoms with Crippen molar-refractivity contribution in [1.82, 2.24) is 10.3 Å². The molecule has 4 nitrogen and oxygen atoms in total. The zero-order chi connectivity index (χ0) is 13.0. The van der Waals surface area contributed by atoms with Crippen LogP contribution < -0.4 is 5.32 Å². The molecule has 2 atom stereocenters. The van der Waals surface area contributed by atoms with Crippen molar-refractivity contribution in [2.45, 2.75) is 28.2 Å². The van der Waals surface area contributed by atoms with Crippen molar-refractivity contribution in [2.24, 2.45) is 0 Å². The summed E-state index contributed by atoms with van der Waals surface area (Å²) in [6, 6.07) is 3.72. The maximum absolute atomic E-state index is 12.3. The van der Waals surface area contributed by atoms with Crippen molar-refractivity contribution in [3.8, 4) is 0 Å². The highest BCUT2D eigenvalue weighted by Gasteiger charge is 2.46. The fraction of sp³-hybridized carbons (Fsp3) is 0.500. The Kier molecular flexibility index (Phi) is 4.40. The summed E-state index contributed by atoms with van der Waals surface area (Å²) < 4.78 is 11.5. The predicted molar refractivity (Wildman–Crippen MR) is 73.8 cm³/mol. The molecular formula is C12H16N2O2S2. The third kappa shape index (κ3) is 2.59. The van der Waals surface area contributed by atoms with Gasteiger partial charge in [-0.3, -0.25) is 14.0 Å². The summed E-state index contributed by atoms with van der Waals surface area (Å²) in [5.41, 5.74) is 0. The van der Waals surface area contributed by atoms with Crippen LogP contribution in [0.3, 0.4) is 0 Å². The van der Waals surface area contributed by atoms with Gasteiger partial charge in [-0.2, -0.15) is 0 Å². The molecule has 1 unspecified atom stereocenters. The third-order valence-corrected chi connectivity index (χ3v) is 6.73. The predicted octanol–water partition coefficient (Wildman–Crippen LogP) is 1.55. The molecule has 1 saturated heterocycles. The van der Waals surface area contributed by atoms with Crippen molar-refractivity contribution in [3.63, 3.8) is 0 Å². The van der Waals surface area contributed by atoms with Crippen LogP contribution in [-0.4, -0.2) is 32.0 Å². The Morgan fingerprint density at radius 3 is 3.00 bits per heavy atom. The molecule has 0 saturated carbocycles. The van der Waals surface area contributed by atoms with E-state index >= 15 is 0 Å². The topological polar surface area (TPSA) is 59.1 Å². The molecule has 2 heterocycles. The Hall–Kier alpha value is -0.880. The number of carbonyl (C=O) groups is 1. The van der Waals surface area contributed by atoms with Crippen molar-refractivity contribution in [1.29, 1.82) is 0 Å². The molecule has 1 amide bonds. The largest absolute Gasteiger partial charge is 0.357 e. The number of rotatable bonds is 3. The molecular weight excluding hydrogens is 268 g/mol. The molecule has 18 heavy (non-hydrogen) atoms. The smallest absolute Gasteiger partial charge is 0.249 e. The van der Waals surface area contributed by atoms with Crippen LogP contribution in [0.1, 0.15) is 19.3 Å². The van der Waals surface area contributed by atoms with Crippen LogP contribution in [0.15, 0.2) is 29.4 Å². The number of hydrogen-bond donors (Lipinski definition) is 1. The van der Waals surface area contributed by atoms with Crippen LogP contribution in [-0.2, 0) is 15.6 Å². The second kappa shape index (κ2) is 5.84. The molecule has 0 spiro atoms. The highest BCUT2D eigenvalue weighted by atomic mass is 32.2. The molecule has 1 N–H and O–H groups in total. The van der Waals surface area contributed by atoms with E-state index in [4.69, 9.17) is 0 Å². The van der Waals surface area contributed by atoms with E-state index in [1.165, 1.54) is 11.8 Å². The number of aromatic nitrogens is 1. The molecule has 0 bridgehead atoms. The highest BCUT2D eigenvalue weighted by molar-refractivity contribution is 8.13. The van der Waals surface area contributed by atoms with Gasteiger partial charge < -0.3 is 5.32 Å². The van der Waals surface area contributed by atoms with Gasteiger partial charge in [-0.1, -0.05) is 11.8 Å². The van der Waals surface area contributed by atoms with Crippen LogP contribution in [0.4, 0.5) is 0 Å². The summed E-state index contributed by atoms with van der Waals surface area (Å²) in [4.78, 5) is 17.1. The van der Waals surface area contributed by atoms with Gasteiger partial charge in [0.2, 0.25) is 5.91 Å². The molecule has 6 heteroatoms. The van der Waals surface area contributed by atoms with Gasteiger partial charge >= 0.3 is 0 Å². The first-order chi connectivity index (χ1) is 8.69. The summed E-state index contributed by atoms with van der Waals surface area (Å²) in [6.07, 6.45) is 5.92. The lowest BCUT2D eigenvalue weighted by molar-refractivity contribution is -0.121. The van der Waals surface area contributed by atoms with Gasteiger partial charge in [0, 0.05) is 40.9 Å². The summed E-state index contributed by atoms with van der Waals surface area (Å²) in [5, 5.41) is 2.65. The van der Waals surface area contributed by atoms with Crippen LogP contribution in [0.2, 0.25) is 0 Å². The second-order valence-corrected chi connectivity index (χ2v) is 7.56. The minimum Gasteiger partial charge on any atom is -0.357 e. The molecule has 1 aliphatic rings. The molecule has 0 aliphatic carbocycles. The number of pyridine rings is 1. The average molecular weight is 284 g/mol. The van der Waals surface area contributed by atoms with Crippen LogP contribution in [0.5, 0.6) is 0 Å². The monoisotopic (exact) mass is 284 g/mol. The van der Waals surface area contributed by atoms with E-state index in [0.717, 1.165) is 17.7 Å². The number of nitrogens with zero attached hydrogens (tertiary/aromatic N) is 1. The maximum Gasteiger partial charge on any atom is 0.249 e. The Morgan fingerprint density at radius 1 is 1.56 bits per heavy atom. The summed E-state index contributed by atoms with van der Waals surface area (Å²) in [5.74, 6) is 0.454. The quantitative estimate of drug-likeness (QED) is 0.915. The maximum atomic E-state index is 12.3. The minimum atomic E-state index is -1.14. The Morgan fingerprint density at radius 2 is 2.39 bits per heavy atom. The highest BCUT2D eigenvalue weighted by Crippen LogP contribution is 2.42. The van der Waals surface area contributed by atoms with Crippen LogP contribution in [0.25, 0.3) is 0 Å². The standard InChI is InChI=1S/C12H16N2O2S2/c1-13-11(15)12(6-2-3-8-18(12)16)17-10-5-4-7-14-9-10/h4-5,7,9H,2-3,6,8H2,1H3,(H,13,15)/t12-,18?/m1/s1. The number of carbonyl (C=O) groups excluding carboxylic acids is 1. The summed E-state index contributed by atoms with van der Waals surface area (Å²) in [6.45, 7) is 0. The van der Waals surface area contributed by atoms with Gasteiger partial charge in [0.25, 0.3) is 0 Å². The van der Waals surface area contributed by atoms with E-state index in [2.05, 4.69) is 10.3 Å². The van der Waals surface area contributed by atoms with E-state index in [-0.39, 0.29) is 5.91 Å². The first kappa shape index (κ1) is 13.5. The number of amides is 1. The van der Waals surface area contributed by atoms with E-state index in [0.29, 0.717) is 12.2 Å². The zero-order valence-electron chi connectivity index (χ0n) is 10.2. The van der Waals surface area contributed by atoms with Crippen molar-refractivity contribution < 1.29 is 9.00 Å². The third-order valence-electron chi connectivity index (χ3n) is 2.94. The van der Waals surface area contributed by atoms with Gasteiger partial charge in [-0.15, -0.1) is 0 Å². The molecule has 98 valence electrons. The number of thioether (sulfide) groups is 1. The molecule has 1 aromatic rings. The lowest BCUT2D eigenvalue weighted by Gasteiger charge is -2.33. The van der Waals surface area contributed by atoms with Crippen molar-refractivity contribution >= 4 is 28.5 Å². The van der Waals surface area contributed by atoms with Crippen molar-refractivity contribution in [2.75, 3.05) is 12.8 Å².